The predicted molar refractivity (Wildman–Crippen MR) is 132 cm³/mol. The van der Waals surface area contributed by atoms with Crippen molar-refractivity contribution >= 4 is 17.8 Å². The minimum absolute atomic E-state index is 0.0555. The standard InChI is InChI=1S/C27H35N3O5/c1-4-17-34-18-14-28-26(32)23-11-10-19(2)29-24(23)21-12-15-30(16-13-21)27(33)25(35-20(3)31)22-8-6-5-7-9-22/h5-11,21,25H,4,12-18H2,1-3H3,(H,28,32). The van der Waals surface area contributed by atoms with E-state index in [-0.39, 0.29) is 17.7 Å². The summed E-state index contributed by atoms with van der Waals surface area (Å²) >= 11 is 0. The summed E-state index contributed by atoms with van der Waals surface area (Å²) in [6.07, 6.45) is 1.32. The van der Waals surface area contributed by atoms with Gasteiger partial charge in [-0.05, 0) is 38.3 Å². The summed E-state index contributed by atoms with van der Waals surface area (Å²) in [5.74, 6) is -0.834. The molecule has 8 heteroatoms. The van der Waals surface area contributed by atoms with Gasteiger partial charge in [0.2, 0.25) is 6.10 Å². The highest BCUT2D eigenvalue weighted by molar-refractivity contribution is 5.95. The SMILES string of the molecule is CCCOCCNC(=O)c1ccc(C)nc1C1CCN(C(=O)C(OC(C)=O)c2ccccc2)CC1. The monoisotopic (exact) mass is 481 g/mol. The van der Waals surface area contributed by atoms with Crippen LogP contribution in [0.3, 0.4) is 0 Å². The van der Waals surface area contributed by atoms with Gasteiger partial charge in [-0.1, -0.05) is 37.3 Å². The van der Waals surface area contributed by atoms with Crippen molar-refractivity contribution in [2.45, 2.75) is 52.1 Å². The third kappa shape index (κ3) is 7.36. The number of benzene rings is 1. The molecule has 188 valence electrons. The molecular formula is C27H35N3O5. The first kappa shape index (κ1) is 26.3. The first-order chi connectivity index (χ1) is 16.9. The minimum Gasteiger partial charge on any atom is -0.447 e. The van der Waals surface area contributed by atoms with Crippen molar-refractivity contribution in [1.29, 1.82) is 0 Å². The molecular weight excluding hydrogens is 446 g/mol. The minimum atomic E-state index is -0.960. The van der Waals surface area contributed by atoms with Crippen LogP contribution in [0.2, 0.25) is 0 Å². The van der Waals surface area contributed by atoms with Gasteiger partial charge in [0.05, 0.1) is 17.9 Å². The van der Waals surface area contributed by atoms with Crippen molar-refractivity contribution in [3.8, 4) is 0 Å². The maximum absolute atomic E-state index is 13.3. The van der Waals surface area contributed by atoms with E-state index in [0.717, 1.165) is 17.8 Å². The van der Waals surface area contributed by atoms with E-state index in [4.69, 9.17) is 14.5 Å². The summed E-state index contributed by atoms with van der Waals surface area (Å²) < 4.78 is 10.8. The van der Waals surface area contributed by atoms with Gasteiger partial charge in [-0.2, -0.15) is 0 Å². The second-order valence-electron chi connectivity index (χ2n) is 8.75. The van der Waals surface area contributed by atoms with E-state index in [1.54, 1.807) is 17.0 Å². The molecule has 3 rings (SSSR count). The van der Waals surface area contributed by atoms with Crippen LogP contribution < -0.4 is 5.32 Å². The van der Waals surface area contributed by atoms with E-state index >= 15 is 0 Å². The van der Waals surface area contributed by atoms with Crippen molar-refractivity contribution in [1.82, 2.24) is 15.2 Å². The highest BCUT2D eigenvalue weighted by atomic mass is 16.5. The molecule has 2 aromatic rings. The zero-order valence-electron chi connectivity index (χ0n) is 20.8. The van der Waals surface area contributed by atoms with Crippen LogP contribution in [0.15, 0.2) is 42.5 Å². The molecule has 0 aliphatic carbocycles. The highest BCUT2D eigenvalue weighted by Crippen LogP contribution is 2.31. The zero-order valence-corrected chi connectivity index (χ0v) is 20.8. The topological polar surface area (TPSA) is 97.8 Å². The number of nitrogens with zero attached hydrogens (tertiary/aromatic N) is 2. The van der Waals surface area contributed by atoms with Crippen molar-refractivity contribution in [3.63, 3.8) is 0 Å². The van der Waals surface area contributed by atoms with E-state index in [1.807, 2.05) is 44.2 Å². The maximum atomic E-state index is 13.3. The van der Waals surface area contributed by atoms with Crippen molar-refractivity contribution in [2.24, 2.45) is 0 Å². The van der Waals surface area contributed by atoms with Crippen LogP contribution in [-0.4, -0.2) is 60.5 Å². The Morgan fingerprint density at radius 2 is 1.80 bits per heavy atom. The fourth-order valence-electron chi connectivity index (χ4n) is 4.25. The molecule has 35 heavy (non-hydrogen) atoms. The Kier molecular flexibility index (Phi) is 9.78. The zero-order chi connectivity index (χ0) is 25.2. The summed E-state index contributed by atoms with van der Waals surface area (Å²) in [6.45, 7) is 7.83. The van der Waals surface area contributed by atoms with Crippen LogP contribution in [-0.2, 0) is 19.1 Å². The number of likely N-dealkylation sites (tertiary alicyclic amines) is 1. The molecule has 2 heterocycles. The largest absolute Gasteiger partial charge is 0.447 e. The van der Waals surface area contributed by atoms with Crippen LogP contribution in [0, 0.1) is 6.92 Å². The lowest BCUT2D eigenvalue weighted by atomic mass is 9.89. The number of esters is 1. The Morgan fingerprint density at radius 3 is 2.46 bits per heavy atom. The van der Waals surface area contributed by atoms with Crippen LogP contribution in [0.1, 0.15) is 72.4 Å². The second-order valence-corrected chi connectivity index (χ2v) is 8.75. The number of nitrogens with one attached hydrogen (secondary N) is 1. The number of piperidine rings is 1. The van der Waals surface area contributed by atoms with Gasteiger partial charge in [-0.3, -0.25) is 19.4 Å². The molecule has 1 aromatic heterocycles. The number of amides is 2. The molecule has 0 bridgehead atoms. The fraction of sp³-hybridized carbons (Fsp3) is 0.481. The van der Waals surface area contributed by atoms with Crippen LogP contribution in [0.5, 0.6) is 0 Å². The summed E-state index contributed by atoms with van der Waals surface area (Å²) in [5.41, 5.74) is 2.83. The molecule has 1 aromatic carbocycles. The van der Waals surface area contributed by atoms with Gasteiger partial charge < -0.3 is 19.7 Å². The number of carbonyl (C=O) groups is 3. The van der Waals surface area contributed by atoms with Gasteiger partial charge in [0.1, 0.15) is 0 Å². The first-order valence-corrected chi connectivity index (χ1v) is 12.2. The smallest absolute Gasteiger partial charge is 0.303 e. The molecule has 0 spiro atoms. The summed E-state index contributed by atoms with van der Waals surface area (Å²) in [4.78, 5) is 44.2. The number of carbonyl (C=O) groups excluding carboxylic acids is 3. The normalized spacial score (nSPS) is 14.9. The molecule has 1 unspecified atom stereocenters. The van der Waals surface area contributed by atoms with Crippen LogP contribution >= 0.6 is 0 Å². The van der Waals surface area contributed by atoms with Crippen LogP contribution in [0.4, 0.5) is 0 Å². The molecule has 1 N–H and O–H groups in total. The summed E-state index contributed by atoms with van der Waals surface area (Å²) in [6, 6.07) is 12.7. The van der Waals surface area contributed by atoms with Gasteiger partial charge in [0.15, 0.2) is 0 Å². The lowest BCUT2D eigenvalue weighted by Gasteiger charge is -2.34. The number of ether oxygens (including phenoxy) is 2. The summed E-state index contributed by atoms with van der Waals surface area (Å²) in [5, 5.41) is 2.92. The Labute approximate surface area is 207 Å². The summed E-state index contributed by atoms with van der Waals surface area (Å²) in [7, 11) is 0. The number of pyridine rings is 1. The van der Waals surface area contributed by atoms with E-state index in [9.17, 15) is 14.4 Å². The molecule has 1 saturated heterocycles. The molecule has 0 radical (unpaired) electrons. The third-order valence-electron chi connectivity index (χ3n) is 5.99. The molecule has 2 amide bonds. The van der Waals surface area contributed by atoms with Gasteiger partial charge in [0, 0.05) is 50.3 Å². The molecule has 1 fully saturated rings. The average Bonchev–Trinajstić information content (AvgIpc) is 2.87. The lowest BCUT2D eigenvalue weighted by molar-refractivity contribution is -0.159. The number of hydrogen-bond acceptors (Lipinski definition) is 6. The molecule has 1 aliphatic heterocycles. The molecule has 1 aliphatic rings. The van der Waals surface area contributed by atoms with Gasteiger partial charge >= 0.3 is 5.97 Å². The Balaban J connectivity index is 1.66. The molecule has 0 saturated carbocycles. The van der Waals surface area contributed by atoms with Gasteiger partial charge in [-0.15, -0.1) is 0 Å². The van der Waals surface area contributed by atoms with Crippen molar-refractivity contribution in [3.05, 3.63) is 65.0 Å². The lowest BCUT2D eigenvalue weighted by Crippen LogP contribution is -2.42. The number of hydrogen-bond donors (Lipinski definition) is 1. The average molecular weight is 482 g/mol. The second kappa shape index (κ2) is 13.0. The molecule has 1 atom stereocenters. The Bertz CT molecular complexity index is 1000. The fourth-order valence-corrected chi connectivity index (χ4v) is 4.25. The quantitative estimate of drug-likeness (QED) is 0.412. The Hall–Kier alpha value is -3.26. The van der Waals surface area contributed by atoms with E-state index in [0.29, 0.717) is 56.8 Å². The van der Waals surface area contributed by atoms with Crippen molar-refractivity contribution in [2.75, 3.05) is 32.8 Å². The van der Waals surface area contributed by atoms with Crippen LogP contribution in [0.25, 0.3) is 0 Å². The third-order valence-corrected chi connectivity index (χ3v) is 5.99. The maximum Gasteiger partial charge on any atom is 0.303 e. The van der Waals surface area contributed by atoms with E-state index in [1.165, 1.54) is 6.92 Å². The number of aromatic nitrogens is 1. The van der Waals surface area contributed by atoms with Crippen molar-refractivity contribution < 1.29 is 23.9 Å². The number of rotatable bonds is 10. The first-order valence-electron chi connectivity index (χ1n) is 12.2. The van der Waals surface area contributed by atoms with E-state index < -0.39 is 12.1 Å². The van der Waals surface area contributed by atoms with E-state index in [2.05, 4.69) is 5.32 Å². The van der Waals surface area contributed by atoms with Gasteiger partial charge in [0.25, 0.3) is 11.8 Å². The predicted octanol–water partition coefficient (Wildman–Crippen LogP) is 3.56. The Morgan fingerprint density at radius 1 is 1.09 bits per heavy atom. The molecule has 8 nitrogen and oxygen atoms in total. The number of aryl methyl sites for hydroxylation is 1. The van der Waals surface area contributed by atoms with Gasteiger partial charge in [-0.25, -0.2) is 0 Å². The highest BCUT2D eigenvalue weighted by Gasteiger charge is 2.33.